The van der Waals surface area contributed by atoms with Crippen molar-refractivity contribution in [3.63, 3.8) is 0 Å². The van der Waals surface area contributed by atoms with E-state index in [0.717, 1.165) is 31.4 Å². The van der Waals surface area contributed by atoms with Gasteiger partial charge in [0, 0.05) is 11.6 Å². The average molecular weight is 524 g/mol. The molecule has 0 unspecified atom stereocenters. The van der Waals surface area contributed by atoms with Crippen molar-refractivity contribution >= 4 is 51.4 Å². The number of carbonyl (C=O) groups is 1. The van der Waals surface area contributed by atoms with Gasteiger partial charge in [-0.25, -0.2) is 4.98 Å². The van der Waals surface area contributed by atoms with Crippen molar-refractivity contribution in [1.82, 2.24) is 14.1 Å². The Morgan fingerprint density at radius 1 is 1.11 bits per heavy atom. The van der Waals surface area contributed by atoms with E-state index in [2.05, 4.69) is 0 Å². The van der Waals surface area contributed by atoms with Crippen LogP contribution in [0.2, 0.25) is 0 Å². The molecule has 0 amide bonds. The molecule has 1 fully saturated rings. The molecule has 4 aromatic rings. The molecule has 2 aromatic heterocycles. The number of aromatic nitrogens is 3. The summed E-state index contributed by atoms with van der Waals surface area (Å²) in [6.07, 6.45) is 5.22. The molecule has 0 atom stereocenters. The summed E-state index contributed by atoms with van der Waals surface area (Å²) >= 11 is 8.29. The van der Waals surface area contributed by atoms with Crippen LogP contribution in [0.3, 0.4) is 0 Å². The summed E-state index contributed by atoms with van der Waals surface area (Å²) in [6.45, 7) is 0. The zero-order chi connectivity index (χ0) is 24.4. The molecule has 6 nitrogen and oxygen atoms in total. The molecule has 0 saturated heterocycles. The zero-order valence-electron chi connectivity index (χ0n) is 19.3. The SMILES string of the molecule is COc1ccccc1-n1c(=S)sc2c(=O)n(C3CCCCC3)c(SCC(=O)c3ccccc3)nc21. The van der Waals surface area contributed by atoms with Crippen molar-refractivity contribution in [2.24, 2.45) is 0 Å². The van der Waals surface area contributed by atoms with E-state index in [1.807, 2.05) is 63.7 Å². The molecule has 2 heterocycles. The van der Waals surface area contributed by atoms with Crippen molar-refractivity contribution in [3.05, 3.63) is 74.5 Å². The van der Waals surface area contributed by atoms with Crippen LogP contribution in [0.5, 0.6) is 5.75 Å². The highest BCUT2D eigenvalue weighted by Gasteiger charge is 2.25. The molecule has 5 rings (SSSR count). The predicted octanol–water partition coefficient (Wildman–Crippen LogP) is 6.47. The number of carbonyl (C=O) groups excluding carboxylic acids is 1. The Kier molecular flexibility index (Phi) is 7.17. The second-order valence-electron chi connectivity index (χ2n) is 8.47. The highest BCUT2D eigenvalue weighted by Crippen LogP contribution is 2.34. The van der Waals surface area contributed by atoms with Crippen molar-refractivity contribution in [2.75, 3.05) is 12.9 Å². The van der Waals surface area contributed by atoms with Crippen LogP contribution in [0.4, 0.5) is 0 Å². The highest BCUT2D eigenvalue weighted by molar-refractivity contribution is 7.99. The van der Waals surface area contributed by atoms with Gasteiger partial charge in [0.25, 0.3) is 5.56 Å². The first-order valence-corrected chi connectivity index (χ1v) is 13.8. The molecule has 1 aliphatic rings. The number of hydrogen-bond acceptors (Lipinski definition) is 7. The molecule has 1 saturated carbocycles. The molecule has 0 radical (unpaired) electrons. The lowest BCUT2D eigenvalue weighted by Crippen LogP contribution is -2.29. The second kappa shape index (κ2) is 10.5. The number of para-hydroxylation sites is 2. The highest BCUT2D eigenvalue weighted by atomic mass is 32.2. The van der Waals surface area contributed by atoms with Crippen molar-refractivity contribution in [1.29, 1.82) is 0 Å². The van der Waals surface area contributed by atoms with Crippen LogP contribution in [0.25, 0.3) is 16.0 Å². The third kappa shape index (κ3) is 4.72. The van der Waals surface area contributed by atoms with E-state index in [-0.39, 0.29) is 23.1 Å². The number of Topliss-reactive ketones (excluding diaryl/α,β-unsaturated/α-hetero) is 1. The summed E-state index contributed by atoms with van der Waals surface area (Å²) in [5.74, 6) is 0.857. The molecule has 35 heavy (non-hydrogen) atoms. The second-order valence-corrected chi connectivity index (χ2v) is 11.1. The third-order valence-electron chi connectivity index (χ3n) is 6.30. The van der Waals surface area contributed by atoms with E-state index in [0.29, 0.717) is 30.8 Å². The number of benzene rings is 2. The van der Waals surface area contributed by atoms with Gasteiger partial charge in [0.1, 0.15) is 10.4 Å². The Bertz CT molecular complexity index is 1480. The lowest BCUT2D eigenvalue weighted by molar-refractivity contribution is 0.102. The lowest BCUT2D eigenvalue weighted by atomic mass is 9.95. The number of thioether (sulfide) groups is 1. The largest absolute Gasteiger partial charge is 0.495 e. The van der Waals surface area contributed by atoms with Crippen LogP contribution in [0.1, 0.15) is 48.5 Å². The molecule has 0 aliphatic heterocycles. The standard InChI is InChI=1S/C26H25N3O3S3/c1-32-21-15-9-8-14-19(21)29-23-22(35-26(29)33)24(31)28(18-12-6-3-7-13-18)25(27-23)34-16-20(30)17-10-4-2-5-11-17/h2,4-5,8-11,14-15,18H,3,6-7,12-13,16H2,1H3. The van der Waals surface area contributed by atoms with Gasteiger partial charge < -0.3 is 4.74 Å². The minimum absolute atomic E-state index is 0.00650. The Morgan fingerprint density at radius 3 is 2.57 bits per heavy atom. The van der Waals surface area contributed by atoms with Gasteiger partial charge >= 0.3 is 0 Å². The minimum Gasteiger partial charge on any atom is -0.495 e. The van der Waals surface area contributed by atoms with Crippen molar-refractivity contribution in [3.8, 4) is 11.4 Å². The van der Waals surface area contributed by atoms with Gasteiger partial charge in [-0.3, -0.25) is 18.7 Å². The first kappa shape index (κ1) is 24.0. The van der Waals surface area contributed by atoms with E-state index in [9.17, 15) is 9.59 Å². The molecule has 0 bridgehead atoms. The number of methoxy groups -OCH3 is 1. The van der Waals surface area contributed by atoms with Gasteiger partial charge in [-0.15, -0.1) is 0 Å². The molecule has 180 valence electrons. The van der Waals surface area contributed by atoms with E-state index in [1.165, 1.54) is 29.5 Å². The summed E-state index contributed by atoms with van der Waals surface area (Å²) in [5.41, 5.74) is 1.82. The Labute approximate surface area is 216 Å². The van der Waals surface area contributed by atoms with Gasteiger partial charge in [-0.2, -0.15) is 0 Å². The van der Waals surface area contributed by atoms with Gasteiger partial charge in [0.2, 0.25) is 0 Å². The summed E-state index contributed by atoms with van der Waals surface area (Å²) in [4.78, 5) is 31.7. The third-order valence-corrected chi connectivity index (χ3v) is 8.61. The van der Waals surface area contributed by atoms with Crippen LogP contribution >= 0.6 is 35.3 Å². The zero-order valence-corrected chi connectivity index (χ0v) is 21.8. The van der Waals surface area contributed by atoms with Crippen LogP contribution in [-0.2, 0) is 0 Å². The first-order chi connectivity index (χ1) is 17.1. The number of rotatable bonds is 7. The molecule has 9 heteroatoms. The normalized spacial score (nSPS) is 14.3. The van der Waals surface area contributed by atoms with Crippen LogP contribution in [0.15, 0.2) is 64.5 Å². The van der Waals surface area contributed by atoms with Gasteiger partial charge in [-0.1, -0.05) is 84.8 Å². The minimum atomic E-state index is -0.0821. The van der Waals surface area contributed by atoms with E-state index < -0.39 is 0 Å². The summed E-state index contributed by atoms with van der Waals surface area (Å²) in [6, 6.07) is 16.9. The van der Waals surface area contributed by atoms with Crippen molar-refractivity contribution < 1.29 is 9.53 Å². The fourth-order valence-corrected chi connectivity index (χ4v) is 6.82. The molecular weight excluding hydrogens is 499 g/mol. The number of nitrogens with zero attached hydrogens (tertiary/aromatic N) is 3. The maximum Gasteiger partial charge on any atom is 0.274 e. The fraction of sp³-hybridized carbons (Fsp3) is 0.308. The Morgan fingerprint density at radius 2 is 1.83 bits per heavy atom. The lowest BCUT2D eigenvalue weighted by Gasteiger charge is -2.25. The number of hydrogen-bond donors (Lipinski definition) is 0. The smallest absolute Gasteiger partial charge is 0.274 e. The topological polar surface area (TPSA) is 66.1 Å². The Balaban J connectivity index is 1.65. The molecule has 2 aromatic carbocycles. The first-order valence-electron chi connectivity index (χ1n) is 11.6. The number of ether oxygens (including phenoxy) is 1. The van der Waals surface area contributed by atoms with Crippen LogP contribution in [-0.4, -0.2) is 32.8 Å². The molecule has 1 aliphatic carbocycles. The van der Waals surface area contributed by atoms with Gasteiger partial charge in [0.05, 0.1) is 18.6 Å². The van der Waals surface area contributed by atoms with E-state index in [4.69, 9.17) is 21.9 Å². The Hall–Kier alpha value is -2.75. The van der Waals surface area contributed by atoms with Crippen LogP contribution < -0.4 is 10.3 Å². The average Bonchev–Trinajstić information content (AvgIpc) is 3.24. The van der Waals surface area contributed by atoms with E-state index in [1.54, 1.807) is 7.11 Å². The fourth-order valence-electron chi connectivity index (χ4n) is 4.57. The maximum atomic E-state index is 13.9. The summed E-state index contributed by atoms with van der Waals surface area (Å²) in [5, 5.41) is 0.565. The van der Waals surface area contributed by atoms with Gasteiger partial charge in [0.15, 0.2) is 20.5 Å². The quantitative estimate of drug-likeness (QED) is 0.120. The number of fused-ring (bicyclic) bond motifs is 1. The molecule has 0 N–H and O–H groups in total. The predicted molar refractivity (Wildman–Crippen MR) is 144 cm³/mol. The maximum absolute atomic E-state index is 13.9. The van der Waals surface area contributed by atoms with Crippen LogP contribution in [0, 0.1) is 3.95 Å². The van der Waals surface area contributed by atoms with Crippen molar-refractivity contribution in [2.45, 2.75) is 43.3 Å². The number of ketones is 1. The molecular formula is C26H25N3O3S3. The van der Waals surface area contributed by atoms with E-state index >= 15 is 0 Å². The van der Waals surface area contributed by atoms with Gasteiger partial charge in [-0.05, 0) is 37.2 Å². The monoisotopic (exact) mass is 523 g/mol. The molecule has 0 spiro atoms. The summed E-state index contributed by atoms with van der Waals surface area (Å²) in [7, 11) is 1.61. The summed E-state index contributed by atoms with van der Waals surface area (Å²) < 4.78 is 10.3. The number of thiazole rings is 1.